The van der Waals surface area contributed by atoms with Crippen molar-refractivity contribution in [2.24, 2.45) is 7.05 Å². The number of piperidine rings is 1. The highest BCUT2D eigenvalue weighted by Crippen LogP contribution is 2.22. The SMILES string of the molecule is CN(c1ccnc(N2CCOCC2)n1)C1CCN(CCc2cn(C)nn2)CC1. The molecule has 0 bridgehead atoms. The maximum Gasteiger partial charge on any atom is 0.227 e. The Balaban J connectivity index is 1.29. The average Bonchev–Trinajstić information content (AvgIpc) is 3.18. The number of rotatable bonds is 6. The largest absolute Gasteiger partial charge is 0.378 e. The number of anilines is 2. The summed E-state index contributed by atoms with van der Waals surface area (Å²) >= 11 is 0. The maximum atomic E-state index is 5.43. The molecule has 4 rings (SSSR count). The number of aryl methyl sites for hydroxylation is 1. The van der Waals surface area contributed by atoms with Crippen LogP contribution in [0.1, 0.15) is 18.5 Å². The number of ether oxygens (including phenoxy) is 1. The van der Waals surface area contributed by atoms with E-state index in [4.69, 9.17) is 9.72 Å². The van der Waals surface area contributed by atoms with Crippen molar-refractivity contribution in [3.63, 3.8) is 0 Å². The van der Waals surface area contributed by atoms with Gasteiger partial charge in [-0.05, 0) is 18.9 Å². The minimum atomic E-state index is 0.514. The van der Waals surface area contributed by atoms with Gasteiger partial charge in [-0.2, -0.15) is 4.98 Å². The predicted molar refractivity (Wildman–Crippen MR) is 108 cm³/mol. The third kappa shape index (κ3) is 4.59. The van der Waals surface area contributed by atoms with Crippen molar-refractivity contribution in [1.82, 2.24) is 29.9 Å². The molecule has 0 N–H and O–H groups in total. The lowest BCUT2D eigenvalue weighted by Crippen LogP contribution is -2.44. The fourth-order valence-corrected chi connectivity index (χ4v) is 3.95. The van der Waals surface area contributed by atoms with Crippen LogP contribution in [0, 0.1) is 0 Å². The van der Waals surface area contributed by atoms with Gasteiger partial charge in [-0.15, -0.1) is 5.10 Å². The molecule has 2 aliphatic heterocycles. The molecule has 2 saturated heterocycles. The lowest BCUT2D eigenvalue weighted by Gasteiger charge is -2.37. The van der Waals surface area contributed by atoms with Crippen molar-refractivity contribution in [1.29, 1.82) is 0 Å². The second kappa shape index (κ2) is 8.83. The van der Waals surface area contributed by atoms with Crippen LogP contribution in [0.2, 0.25) is 0 Å². The molecule has 2 aromatic heterocycles. The highest BCUT2D eigenvalue weighted by molar-refractivity contribution is 5.44. The molecular formula is C19H30N8O. The van der Waals surface area contributed by atoms with Crippen LogP contribution < -0.4 is 9.80 Å². The number of likely N-dealkylation sites (tertiary alicyclic amines) is 1. The van der Waals surface area contributed by atoms with Gasteiger partial charge in [0.05, 0.1) is 18.9 Å². The van der Waals surface area contributed by atoms with Crippen LogP contribution >= 0.6 is 0 Å². The molecule has 0 spiro atoms. The van der Waals surface area contributed by atoms with Gasteiger partial charge in [0.15, 0.2) is 0 Å². The lowest BCUT2D eigenvalue weighted by atomic mass is 10.0. The zero-order chi connectivity index (χ0) is 19.3. The standard InChI is InChI=1S/C19H30N8O/c1-24-15-16(22-23-24)4-8-26-9-5-17(6-10-26)25(2)18-3-7-20-19(21-18)27-11-13-28-14-12-27/h3,7,15,17H,4-6,8-14H2,1-2H3. The Morgan fingerprint density at radius 3 is 2.68 bits per heavy atom. The Kier molecular flexibility index (Phi) is 6.01. The van der Waals surface area contributed by atoms with Crippen molar-refractivity contribution in [3.05, 3.63) is 24.2 Å². The number of nitrogens with zero attached hydrogens (tertiary/aromatic N) is 8. The lowest BCUT2D eigenvalue weighted by molar-refractivity contribution is 0.122. The zero-order valence-corrected chi connectivity index (χ0v) is 16.9. The molecule has 0 aromatic carbocycles. The molecule has 2 aliphatic rings. The highest BCUT2D eigenvalue weighted by Gasteiger charge is 2.24. The molecule has 28 heavy (non-hydrogen) atoms. The first-order valence-electron chi connectivity index (χ1n) is 10.1. The number of hydrogen-bond donors (Lipinski definition) is 0. The van der Waals surface area contributed by atoms with Crippen molar-refractivity contribution in [3.8, 4) is 0 Å². The van der Waals surface area contributed by atoms with Crippen molar-refractivity contribution < 1.29 is 4.74 Å². The van der Waals surface area contributed by atoms with E-state index >= 15 is 0 Å². The Bertz CT molecular complexity index is 752. The third-order valence-electron chi connectivity index (χ3n) is 5.72. The Hall–Kier alpha value is -2.26. The van der Waals surface area contributed by atoms with E-state index in [1.165, 1.54) is 0 Å². The quantitative estimate of drug-likeness (QED) is 0.714. The monoisotopic (exact) mass is 386 g/mol. The topological polar surface area (TPSA) is 75.4 Å². The molecule has 4 heterocycles. The van der Waals surface area contributed by atoms with Gasteiger partial charge in [0, 0.05) is 71.7 Å². The highest BCUT2D eigenvalue weighted by atomic mass is 16.5. The first kappa shape index (κ1) is 19.1. The second-order valence-corrected chi connectivity index (χ2v) is 7.63. The zero-order valence-electron chi connectivity index (χ0n) is 16.9. The minimum Gasteiger partial charge on any atom is -0.378 e. The van der Waals surface area contributed by atoms with Gasteiger partial charge >= 0.3 is 0 Å². The molecule has 9 heteroatoms. The van der Waals surface area contributed by atoms with E-state index in [1.807, 2.05) is 25.5 Å². The van der Waals surface area contributed by atoms with Crippen LogP contribution in [-0.4, -0.2) is 88.9 Å². The van der Waals surface area contributed by atoms with Gasteiger partial charge in [0.25, 0.3) is 0 Å². The minimum absolute atomic E-state index is 0.514. The van der Waals surface area contributed by atoms with Crippen LogP contribution in [0.4, 0.5) is 11.8 Å². The molecule has 0 unspecified atom stereocenters. The van der Waals surface area contributed by atoms with E-state index in [0.29, 0.717) is 6.04 Å². The van der Waals surface area contributed by atoms with Crippen molar-refractivity contribution >= 4 is 11.8 Å². The van der Waals surface area contributed by atoms with Gasteiger partial charge in [0.2, 0.25) is 5.95 Å². The molecule has 0 atom stereocenters. The molecule has 2 aromatic rings. The summed E-state index contributed by atoms with van der Waals surface area (Å²) in [5.41, 5.74) is 1.07. The molecule has 0 amide bonds. The van der Waals surface area contributed by atoms with Crippen LogP contribution in [0.5, 0.6) is 0 Å². The fourth-order valence-electron chi connectivity index (χ4n) is 3.95. The Labute approximate surface area is 166 Å². The van der Waals surface area contributed by atoms with E-state index in [2.05, 4.69) is 37.0 Å². The molecule has 152 valence electrons. The summed E-state index contributed by atoms with van der Waals surface area (Å²) in [6.45, 7) is 6.47. The van der Waals surface area contributed by atoms with E-state index in [-0.39, 0.29) is 0 Å². The normalized spacial score (nSPS) is 19.1. The van der Waals surface area contributed by atoms with Crippen molar-refractivity contribution in [2.45, 2.75) is 25.3 Å². The van der Waals surface area contributed by atoms with E-state index < -0.39 is 0 Å². The summed E-state index contributed by atoms with van der Waals surface area (Å²) in [5.74, 6) is 1.82. The van der Waals surface area contributed by atoms with Gasteiger partial charge in [-0.1, -0.05) is 5.21 Å². The summed E-state index contributed by atoms with van der Waals surface area (Å²) in [6.07, 6.45) is 7.13. The average molecular weight is 387 g/mol. The van der Waals surface area contributed by atoms with Crippen LogP contribution in [0.15, 0.2) is 18.5 Å². The van der Waals surface area contributed by atoms with Gasteiger partial charge in [-0.25, -0.2) is 4.98 Å². The van der Waals surface area contributed by atoms with Gasteiger partial charge < -0.3 is 19.4 Å². The second-order valence-electron chi connectivity index (χ2n) is 7.63. The van der Waals surface area contributed by atoms with Gasteiger partial charge in [-0.3, -0.25) is 4.68 Å². The van der Waals surface area contributed by atoms with Crippen LogP contribution in [0.25, 0.3) is 0 Å². The van der Waals surface area contributed by atoms with Crippen LogP contribution in [0.3, 0.4) is 0 Å². The van der Waals surface area contributed by atoms with E-state index in [1.54, 1.807) is 4.68 Å². The smallest absolute Gasteiger partial charge is 0.227 e. The van der Waals surface area contributed by atoms with E-state index in [9.17, 15) is 0 Å². The first-order valence-corrected chi connectivity index (χ1v) is 10.1. The maximum absolute atomic E-state index is 5.43. The first-order chi connectivity index (χ1) is 13.7. The van der Waals surface area contributed by atoms with Crippen molar-refractivity contribution in [2.75, 3.05) is 62.8 Å². The van der Waals surface area contributed by atoms with E-state index in [0.717, 1.165) is 82.7 Å². The summed E-state index contributed by atoms with van der Waals surface area (Å²) in [4.78, 5) is 16.3. The predicted octanol–water partition coefficient (Wildman–Crippen LogP) is 0.585. The third-order valence-corrected chi connectivity index (χ3v) is 5.72. The molecular weight excluding hydrogens is 356 g/mol. The van der Waals surface area contributed by atoms with Gasteiger partial charge in [0.1, 0.15) is 5.82 Å². The Morgan fingerprint density at radius 1 is 1.18 bits per heavy atom. The molecule has 2 fully saturated rings. The summed E-state index contributed by atoms with van der Waals surface area (Å²) < 4.78 is 7.20. The molecule has 0 saturated carbocycles. The summed E-state index contributed by atoms with van der Waals surface area (Å²) in [7, 11) is 4.07. The molecule has 0 aliphatic carbocycles. The molecule has 9 nitrogen and oxygen atoms in total. The number of aromatic nitrogens is 5. The number of morpholine rings is 1. The summed E-state index contributed by atoms with van der Waals surface area (Å²) in [6, 6.07) is 2.53. The molecule has 0 radical (unpaired) electrons. The van der Waals surface area contributed by atoms with Crippen LogP contribution in [-0.2, 0) is 18.2 Å². The number of hydrogen-bond acceptors (Lipinski definition) is 8. The Morgan fingerprint density at radius 2 is 1.96 bits per heavy atom. The summed E-state index contributed by atoms with van der Waals surface area (Å²) in [5, 5.41) is 8.19. The fraction of sp³-hybridized carbons (Fsp3) is 0.684.